The van der Waals surface area contributed by atoms with Crippen LogP contribution in [0.4, 0.5) is 0 Å². The summed E-state index contributed by atoms with van der Waals surface area (Å²) in [6.07, 6.45) is 1.68. The highest BCUT2D eigenvalue weighted by atomic mass is 16.5. The Hall–Kier alpha value is -0.830. The summed E-state index contributed by atoms with van der Waals surface area (Å²) in [5, 5.41) is 2.72. The van der Waals surface area contributed by atoms with Crippen molar-refractivity contribution in [1.29, 1.82) is 0 Å². The van der Waals surface area contributed by atoms with Crippen molar-refractivity contribution in [2.45, 2.75) is 39.3 Å². The van der Waals surface area contributed by atoms with Gasteiger partial charge in [-0.25, -0.2) is 0 Å². The first-order chi connectivity index (χ1) is 5.85. The molecule has 0 saturated heterocycles. The van der Waals surface area contributed by atoms with Gasteiger partial charge in [-0.3, -0.25) is 4.79 Å². The molecule has 3 heteroatoms. The van der Waals surface area contributed by atoms with Gasteiger partial charge in [0.05, 0.1) is 5.60 Å². The molecule has 0 aromatic heterocycles. The van der Waals surface area contributed by atoms with E-state index in [0.29, 0.717) is 0 Å². The van der Waals surface area contributed by atoms with Crippen LogP contribution in [0.25, 0.3) is 0 Å². The molecule has 0 heterocycles. The Morgan fingerprint density at radius 2 is 2.15 bits per heavy atom. The maximum absolute atomic E-state index is 11.2. The minimum Gasteiger partial charge on any atom is -0.366 e. The number of rotatable bonds is 4. The maximum atomic E-state index is 11.2. The van der Waals surface area contributed by atoms with Gasteiger partial charge in [-0.15, -0.1) is 6.58 Å². The van der Waals surface area contributed by atoms with Crippen molar-refractivity contribution in [1.82, 2.24) is 5.32 Å². The number of amides is 1. The molecule has 0 rings (SSSR count). The molecule has 0 spiro atoms. The molecular weight excluding hydrogens is 166 g/mol. The van der Waals surface area contributed by atoms with Gasteiger partial charge in [0.15, 0.2) is 0 Å². The standard InChI is InChI=1S/C10H19NO2/c1-6-8(2)11-9(12)7-13-10(3,4)5/h6,8H,1,7H2,2-5H3,(H,11,12). The Labute approximate surface area is 80.2 Å². The quantitative estimate of drug-likeness (QED) is 0.674. The highest BCUT2D eigenvalue weighted by Gasteiger charge is 2.13. The lowest BCUT2D eigenvalue weighted by Crippen LogP contribution is -2.36. The summed E-state index contributed by atoms with van der Waals surface area (Å²) in [6.45, 7) is 11.3. The third-order valence-corrected chi connectivity index (χ3v) is 1.38. The van der Waals surface area contributed by atoms with Crippen LogP contribution in [0.1, 0.15) is 27.7 Å². The lowest BCUT2D eigenvalue weighted by atomic mass is 10.2. The largest absolute Gasteiger partial charge is 0.366 e. The Balaban J connectivity index is 3.70. The molecule has 0 radical (unpaired) electrons. The summed E-state index contributed by atoms with van der Waals surface area (Å²) in [5.74, 6) is -0.109. The molecule has 0 saturated carbocycles. The van der Waals surface area contributed by atoms with Gasteiger partial charge in [0.25, 0.3) is 0 Å². The lowest BCUT2D eigenvalue weighted by Gasteiger charge is -2.19. The van der Waals surface area contributed by atoms with Crippen molar-refractivity contribution in [3.05, 3.63) is 12.7 Å². The number of carbonyl (C=O) groups is 1. The lowest BCUT2D eigenvalue weighted by molar-refractivity contribution is -0.130. The first-order valence-corrected chi connectivity index (χ1v) is 4.41. The fourth-order valence-electron chi connectivity index (χ4n) is 0.637. The minimum absolute atomic E-state index is 0.00364. The van der Waals surface area contributed by atoms with Crippen LogP contribution in [0.5, 0.6) is 0 Å². The van der Waals surface area contributed by atoms with E-state index in [0.717, 1.165) is 0 Å². The van der Waals surface area contributed by atoms with E-state index < -0.39 is 0 Å². The van der Waals surface area contributed by atoms with Crippen molar-refractivity contribution >= 4 is 5.91 Å². The molecule has 1 unspecified atom stereocenters. The van der Waals surface area contributed by atoms with Crippen LogP contribution >= 0.6 is 0 Å². The van der Waals surface area contributed by atoms with Crippen LogP contribution in [0.15, 0.2) is 12.7 Å². The Morgan fingerprint density at radius 1 is 1.62 bits per heavy atom. The molecule has 0 fully saturated rings. The molecular formula is C10H19NO2. The van der Waals surface area contributed by atoms with Crippen molar-refractivity contribution < 1.29 is 9.53 Å². The monoisotopic (exact) mass is 185 g/mol. The highest BCUT2D eigenvalue weighted by molar-refractivity contribution is 5.77. The number of hydrogen-bond donors (Lipinski definition) is 1. The molecule has 0 aromatic rings. The number of nitrogens with one attached hydrogen (secondary N) is 1. The van der Waals surface area contributed by atoms with Crippen LogP contribution in [0, 0.1) is 0 Å². The van der Waals surface area contributed by atoms with Gasteiger partial charge >= 0.3 is 0 Å². The Morgan fingerprint density at radius 3 is 2.54 bits per heavy atom. The van der Waals surface area contributed by atoms with E-state index >= 15 is 0 Å². The smallest absolute Gasteiger partial charge is 0.246 e. The van der Waals surface area contributed by atoms with Gasteiger partial charge < -0.3 is 10.1 Å². The fraction of sp³-hybridized carbons (Fsp3) is 0.700. The molecule has 1 amide bonds. The Kier molecular flexibility index (Phi) is 4.70. The summed E-state index contributed by atoms with van der Waals surface area (Å²) in [7, 11) is 0. The van der Waals surface area contributed by atoms with Crippen LogP contribution in [0.2, 0.25) is 0 Å². The van der Waals surface area contributed by atoms with Gasteiger partial charge in [0.2, 0.25) is 5.91 Å². The van der Waals surface area contributed by atoms with Crippen LogP contribution < -0.4 is 5.32 Å². The zero-order valence-corrected chi connectivity index (χ0v) is 8.89. The summed E-state index contributed by atoms with van der Waals surface area (Å²) < 4.78 is 5.29. The molecule has 1 N–H and O–H groups in total. The average molecular weight is 185 g/mol. The molecule has 76 valence electrons. The van der Waals surface area contributed by atoms with Gasteiger partial charge in [0, 0.05) is 6.04 Å². The van der Waals surface area contributed by atoms with Crippen LogP contribution in [-0.4, -0.2) is 24.2 Å². The van der Waals surface area contributed by atoms with E-state index in [4.69, 9.17) is 4.74 Å². The zero-order valence-electron chi connectivity index (χ0n) is 8.89. The fourth-order valence-corrected chi connectivity index (χ4v) is 0.637. The topological polar surface area (TPSA) is 38.3 Å². The number of hydrogen-bond acceptors (Lipinski definition) is 2. The Bertz CT molecular complexity index is 182. The van der Waals surface area contributed by atoms with E-state index in [1.807, 2.05) is 27.7 Å². The van der Waals surface area contributed by atoms with Crippen molar-refractivity contribution in [3.8, 4) is 0 Å². The summed E-state index contributed by atoms with van der Waals surface area (Å²) in [5.41, 5.74) is -0.269. The molecule has 3 nitrogen and oxygen atoms in total. The van der Waals surface area contributed by atoms with Gasteiger partial charge in [-0.2, -0.15) is 0 Å². The van der Waals surface area contributed by atoms with Crippen molar-refractivity contribution in [2.24, 2.45) is 0 Å². The van der Waals surface area contributed by atoms with E-state index in [-0.39, 0.29) is 24.2 Å². The van der Waals surface area contributed by atoms with Gasteiger partial charge in [-0.1, -0.05) is 6.08 Å². The summed E-state index contributed by atoms with van der Waals surface area (Å²) in [4.78, 5) is 11.2. The average Bonchev–Trinajstić information content (AvgIpc) is 1.99. The number of ether oxygens (including phenoxy) is 1. The second-order valence-corrected chi connectivity index (χ2v) is 3.99. The van der Waals surface area contributed by atoms with Crippen LogP contribution in [0.3, 0.4) is 0 Å². The third-order valence-electron chi connectivity index (χ3n) is 1.38. The molecule has 0 aromatic carbocycles. The predicted molar refractivity (Wildman–Crippen MR) is 53.5 cm³/mol. The summed E-state index contributed by atoms with van der Waals surface area (Å²) >= 11 is 0. The molecule has 0 aliphatic heterocycles. The van der Waals surface area contributed by atoms with E-state index in [1.54, 1.807) is 6.08 Å². The highest BCUT2D eigenvalue weighted by Crippen LogP contribution is 2.05. The van der Waals surface area contributed by atoms with E-state index in [2.05, 4.69) is 11.9 Å². The minimum atomic E-state index is -0.269. The van der Waals surface area contributed by atoms with Crippen molar-refractivity contribution in [2.75, 3.05) is 6.61 Å². The number of carbonyl (C=O) groups excluding carboxylic acids is 1. The molecule has 13 heavy (non-hydrogen) atoms. The first-order valence-electron chi connectivity index (χ1n) is 4.41. The third kappa shape index (κ3) is 7.53. The predicted octanol–water partition coefficient (Wildman–Crippen LogP) is 1.49. The SMILES string of the molecule is C=CC(C)NC(=O)COC(C)(C)C. The van der Waals surface area contributed by atoms with Crippen LogP contribution in [-0.2, 0) is 9.53 Å². The second-order valence-electron chi connectivity index (χ2n) is 3.99. The molecule has 0 aliphatic rings. The van der Waals surface area contributed by atoms with Gasteiger partial charge in [-0.05, 0) is 27.7 Å². The van der Waals surface area contributed by atoms with E-state index in [1.165, 1.54) is 0 Å². The van der Waals surface area contributed by atoms with Gasteiger partial charge in [0.1, 0.15) is 6.61 Å². The first kappa shape index (κ1) is 12.2. The zero-order chi connectivity index (χ0) is 10.5. The van der Waals surface area contributed by atoms with E-state index in [9.17, 15) is 4.79 Å². The normalized spacial score (nSPS) is 13.5. The molecule has 0 aliphatic carbocycles. The summed E-state index contributed by atoms with van der Waals surface area (Å²) in [6, 6.07) is -0.00364. The molecule has 1 atom stereocenters. The molecule has 0 bridgehead atoms. The second kappa shape index (κ2) is 5.02. The van der Waals surface area contributed by atoms with Crippen molar-refractivity contribution in [3.63, 3.8) is 0 Å². The maximum Gasteiger partial charge on any atom is 0.246 e.